The summed E-state index contributed by atoms with van der Waals surface area (Å²) in [5.74, 6) is -0.723. The summed E-state index contributed by atoms with van der Waals surface area (Å²) in [6.07, 6.45) is -4.17. The van der Waals surface area contributed by atoms with Gasteiger partial charge in [0.15, 0.2) is 5.60 Å². The zero-order valence-electron chi connectivity index (χ0n) is 6.78. The number of halogens is 3. The first kappa shape index (κ1) is 9.80. The molecule has 1 saturated heterocycles. The van der Waals surface area contributed by atoms with Crippen LogP contribution in [-0.2, 0) is 0 Å². The predicted molar refractivity (Wildman–Crippen MR) is 37.7 cm³/mol. The van der Waals surface area contributed by atoms with Crippen molar-refractivity contribution in [1.82, 2.24) is 5.32 Å². The van der Waals surface area contributed by atoms with Crippen molar-refractivity contribution in [3.8, 4) is 0 Å². The molecule has 2 N–H and O–H groups in total. The topological polar surface area (TPSA) is 32.3 Å². The van der Waals surface area contributed by atoms with E-state index in [9.17, 15) is 18.3 Å². The van der Waals surface area contributed by atoms with Gasteiger partial charge in [-0.2, -0.15) is 13.2 Å². The minimum absolute atomic E-state index is 0.357. The maximum atomic E-state index is 12.3. The molecule has 0 radical (unpaired) electrons. The molecule has 1 rings (SSSR count). The molecule has 0 unspecified atom stereocenters. The van der Waals surface area contributed by atoms with Crippen LogP contribution in [0.15, 0.2) is 0 Å². The van der Waals surface area contributed by atoms with Crippen molar-refractivity contribution >= 4 is 0 Å². The quantitative estimate of drug-likeness (QED) is 0.585. The Morgan fingerprint density at radius 1 is 1.50 bits per heavy atom. The van der Waals surface area contributed by atoms with E-state index in [-0.39, 0.29) is 0 Å². The molecular weight excluding hydrogens is 171 g/mol. The fourth-order valence-corrected chi connectivity index (χ4v) is 1.39. The first-order valence-corrected chi connectivity index (χ1v) is 3.88. The normalized spacial score (nSPS) is 38.2. The fourth-order valence-electron chi connectivity index (χ4n) is 1.39. The minimum atomic E-state index is -4.53. The van der Waals surface area contributed by atoms with Crippen LogP contribution in [0.5, 0.6) is 0 Å². The average Bonchev–Trinajstić information content (AvgIpc) is 1.93. The monoisotopic (exact) mass is 183 g/mol. The summed E-state index contributed by atoms with van der Waals surface area (Å²) in [4.78, 5) is 0. The van der Waals surface area contributed by atoms with Gasteiger partial charge < -0.3 is 10.4 Å². The molecule has 72 valence electrons. The maximum absolute atomic E-state index is 12.3. The Balaban J connectivity index is 2.79. The number of alkyl halides is 3. The van der Waals surface area contributed by atoms with Crippen molar-refractivity contribution in [1.29, 1.82) is 0 Å². The minimum Gasteiger partial charge on any atom is -0.379 e. The van der Waals surface area contributed by atoms with Gasteiger partial charge in [0.25, 0.3) is 0 Å². The van der Waals surface area contributed by atoms with Crippen molar-refractivity contribution in [2.45, 2.75) is 25.1 Å². The van der Waals surface area contributed by atoms with Crippen molar-refractivity contribution in [2.24, 2.45) is 5.92 Å². The summed E-state index contributed by atoms with van der Waals surface area (Å²) in [5, 5.41) is 11.8. The van der Waals surface area contributed by atoms with Crippen molar-refractivity contribution < 1.29 is 18.3 Å². The first-order chi connectivity index (χ1) is 5.38. The molecule has 12 heavy (non-hydrogen) atoms. The van der Waals surface area contributed by atoms with Crippen molar-refractivity contribution in [3.05, 3.63) is 0 Å². The number of aliphatic hydroxyl groups is 1. The van der Waals surface area contributed by atoms with Crippen LogP contribution in [0.3, 0.4) is 0 Å². The molecule has 2 nitrogen and oxygen atoms in total. The van der Waals surface area contributed by atoms with E-state index >= 15 is 0 Å². The molecule has 0 saturated carbocycles. The molecule has 0 spiro atoms. The highest BCUT2D eigenvalue weighted by Gasteiger charge is 2.57. The number of nitrogens with one attached hydrogen (secondary N) is 1. The van der Waals surface area contributed by atoms with E-state index in [0.29, 0.717) is 13.0 Å². The molecular formula is C7H12F3NO. The van der Waals surface area contributed by atoms with Gasteiger partial charge in [-0.15, -0.1) is 0 Å². The third kappa shape index (κ3) is 1.43. The number of rotatable bonds is 0. The molecule has 1 heterocycles. The van der Waals surface area contributed by atoms with Gasteiger partial charge in [0.05, 0.1) is 0 Å². The van der Waals surface area contributed by atoms with Gasteiger partial charge in [-0.05, 0) is 18.9 Å². The Kier molecular flexibility index (Phi) is 2.35. The van der Waals surface area contributed by atoms with Gasteiger partial charge in [0.2, 0.25) is 0 Å². The molecule has 0 amide bonds. The van der Waals surface area contributed by atoms with Gasteiger partial charge in [-0.25, -0.2) is 0 Å². The second-order valence-corrected chi connectivity index (χ2v) is 3.29. The number of hydrogen-bond acceptors (Lipinski definition) is 2. The molecule has 5 heteroatoms. The van der Waals surface area contributed by atoms with E-state index in [4.69, 9.17) is 0 Å². The van der Waals surface area contributed by atoms with Crippen LogP contribution in [0, 0.1) is 5.92 Å². The highest BCUT2D eigenvalue weighted by molar-refractivity contribution is 4.96. The van der Waals surface area contributed by atoms with Gasteiger partial charge in [-0.1, -0.05) is 6.92 Å². The predicted octanol–water partition coefficient (Wildman–Crippen LogP) is 0.909. The molecule has 0 bridgehead atoms. The highest BCUT2D eigenvalue weighted by Crippen LogP contribution is 2.38. The lowest BCUT2D eigenvalue weighted by Gasteiger charge is -2.39. The Morgan fingerprint density at radius 3 is 2.42 bits per heavy atom. The molecule has 0 aromatic carbocycles. The maximum Gasteiger partial charge on any atom is 0.418 e. The van der Waals surface area contributed by atoms with Crippen LogP contribution >= 0.6 is 0 Å². The molecule has 1 fully saturated rings. The van der Waals surface area contributed by atoms with E-state index in [0.717, 1.165) is 0 Å². The second-order valence-electron chi connectivity index (χ2n) is 3.29. The third-order valence-corrected chi connectivity index (χ3v) is 2.45. The number of hydrogen-bond donors (Lipinski definition) is 2. The smallest absolute Gasteiger partial charge is 0.379 e. The highest BCUT2D eigenvalue weighted by atomic mass is 19.4. The average molecular weight is 183 g/mol. The Labute approximate surface area is 68.8 Å². The van der Waals surface area contributed by atoms with Crippen molar-refractivity contribution in [2.75, 3.05) is 13.1 Å². The third-order valence-electron chi connectivity index (χ3n) is 2.45. The van der Waals surface area contributed by atoms with Crippen LogP contribution in [0.1, 0.15) is 13.3 Å². The van der Waals surface area contributed by atoms with E-state index in [1.807, 2.05) is 0 Å². The fraction of sp³-hybridized carbons (Fsp3) is 1.00. The van der Waals surface area contributed by atoms with Gasteiger partial charge >= 0.3 is 6.18 Å². The van der Waals surface area contributed by atoms with Crippen LogP contribution in [0.25, 0.3) is 0 Å². The van der Waals surface area contributed by atoms with E-state index in [1.54, 1.807) is 0 Å². The summed E-state index contributed by atoms with van der Waals surface area (Å²) in [6, 6.07) is 0. The van der Waals surface area contributed by atoms with Crippen LogP contribution in [-0.4, -0.2) is 30.0 Å². The largest absolute Gasteiger partial charge is 0.418 e. The Bertz CT molecular complexity index is 171. The summed E-state index contributed by atoms with van der Waals surface area (Å²) in [7, 11) is 0. The first-order valence-electron chi connectivity index (χ1n) is 3.88. The van der Waals surface area contributed by atoms with E-state index in [2.05, 4.69) is 5.32 Å². The van der Waals surface area contributed by atoms with E-state index in [1.165, 1.54) is 6.92 Å². The van der Waals surface area contributed by atoms with Crippen LogP contribution in [0.2, 0.25) is 0 Å². The van der Waals surface area contributed by atoms with Crippen LogP contribution < -0.4 is 5.32 Å². The van der Waals surface area contributed by atoms with Gasteiger partial charge in [0.1, 0.15) is 0 Å². The van der Waals surface area contributed by atoms with Crippen LogP contribution in [0.4, 0.5) is 13.2 Å². The number of β-amino-alcohol motifs (C(OH)–C–C–N with tert-alkyl or cyclic N) is 1. The molecule has 0 aromatic rings. The Morgan fingerprint density at radius 2 is 2.08 bits per heavy atom. The lowest BCUT2D eigenvalue weighted by atomic mass is 9.83. The molecule has 1 aliphatic heterocycles. The van der Waals surface area contributed by atoms with Gasteiger partial charge in [-0.3, -0.25) is 0 Å². The summed E-state index contributed by atoms with van der Waals surface area (Å²) in [6.45, 7) is 1.57. The van der Waals surface area contributed by atoms with Crippen molar-refractivity contribution in [3.63, 3.8) is 0 Å². The summed E-state index contributed by atoms with van der Waals surface area (Å²) < 4.78 is 36.9. The standard InChI is InChI=1S/C7H12F3NO/c1-5-2-3-11-4-6(5,12)7(8,9)10/h5,11-12H,2-4H2,1H3/t5-,6+/m1/s1. The zero-order chi connectivity index (χ0) is 9.41. The summed E-state index contributed by atoms with van der Waals surface area (Å²) in [5.41, 5.74) is -2.54. The Hall–Kier alpha value is -0.290. The SMILES string of the molecule is C[C@@H]1CCNC[C@@]1(O)C(F)(F)F. The molecule has 0 aromatic heterocycles. The second kappa shape index (κ2) is 2.88. The lowest BCUT2D eigenvalue weighted by Crippen LogP contribution is -2.60. The van der Waals surface area contributed by atoms with Gasteiger partial charge in [0, 0.05) is 6.54 Å². The molecule has 2 atom stereocenters. The molecule has 1 aliphatic rings. The molecule has 0 aliphatic carbocycles. The van der Waals surface area contributed by atoms with E-state index < -0.39 is 24.2 Å². The number of piperidine rings is 1. The lowest BCUT2D eigenvalue weighted by molar-refractivity contribution is -0.280. The summed E-state index contributed by atoms with van der Waals surface area (Å²) >= 11 is 0. The zero-order valence-corrected chi connectivity index (χ0v) is 6.78.